The number of hydrogen-bond donors (Lipinski definition) is 1. The number of aromatic nitrogens is 1. The highest BCUT2D eigenvalue weighted by Crippen LogP contribution is 2.51. The van der Waals surface area contributed by atoms with E-state index in [1.165, 1.54) is 5.56 Å². The second-order valence-electron chi connectivity index (χ2n) is 9.90. The van der Waals surface area contributed by atoms with Gasteiger partial charge in [-0.05, 0) is 62.1 Å². The van der Waals surface area contributed by atoms with E-state index in [9.17, 15) is 14.7 Å². The summed E-state index contributed by atoms with van der Waals surface area (Å²) >= 11 is 0. The van der Waals surface area contributed by atoms with Crippen molar-refractivity contribution in [3.63, 3.8) is 0 Å². The largest absolute Gasteiger partial charge is 0.396 e. The van der Waals surface area contributed by atoms with Crippen molar-refractivity contribution >= 4 is 5.91 Å². The third kappa shape index (κ3) is 3.96. The van der Waals surface area contributed by atoms with Gasteiger partial charge in [0.05, 0.1) is 6.61 Å². The third-order valence-electron chi connectivity index (χ3n) is 7.33. The van der Waals surface area contributed by atoms with Gasteiger partial charge in [-0.3, -0.25) is 9.59 Å². The summed E-state index contributed by atoms with van der Waals surface area (Å²) in [5.74, 6) is 0.335. The molecule has 1 amide bonds. The van der Waals surface area contributed by atoms with E-state index in [4.69, 9.17) is 0 Å². The van der Waals surface area contributed by atoms with E-state index in [0.717, 1.165) is 37.7 Å². The minimum Gasteiger partial charge on any atom is -0.396 e. The average Bonchev–Trinajstić information content (AvgIpc) is 3.30. The van der Waals surface area contributed by atoms with Crippen LogP contribution in [-0.4, -0.2) is 39.2 Å². The summed E-state index contributed by atoms with van der Waals surface area (Å²) in [6, 6.07) is 12.2. The maximum absolute atomic E-state index is 13.7. The molecule has 2 aromatic rings. The predicted molar refractivity (Wildman–Crippen MR) is 122 cm³/mol. The van der Waals surface area contributed by atoms with Crippen LogP contribution in [0.4, 0.5) is 0 Å². The third-order valence-corrected chi connectivity index (χ3v) is 7.33. The Bertz CT molecular complexity index is 997. The van der Waals surface area contributed by atoms with Gasteiger partial charge in [-0.25, -0.2) is 0 Å². The van der Waals surface area contributed by atoms with Crippen LogP contribution in [0.1, 0.15) is 61.0 Å². The summed E-state index contributed by atoms with van der Waals surface area (Å²) in [4.78, 5) is 28.9. The summed E-state index contributed by atoms with van der Waals surface area (Å²) in [5.41, 5.74) is 1.70. The minimum atomic E-state index is -0.334. The Balaban J connectivity index is 1.64. The number of carbonyl (C=O) groups excluding carboxylic acids is 1. The molecule has 3 atom stereocenters. The van der Waals surface area contributed by atoms with Crippen LogP contribution in [0.15, 0.2) is 47.4 Å². The van der Waals surface area contributed by atoms with Crippen LogP contribution < -0.4 is 5.56 Å². The Morgan fingerprint density at radius 2 is 1.94 bits per heavy atom. The highest BCUT2D eigenvalue weighted by atomic mass is 16.3. The van der Waals surface area contributed by atoms with Crippen molar-refractivity contribution in [1.82, 2.24) is 9.47 Å². The number of amides is 1. The Morgan fingerprint density at radius 3 is 2.61 bits per heavy atom. The van der Waals surface area contributed by atoms with Crippen molar-refractivity contribution in [3.8, 4) is 0 Å². The number of rotatable bonds is 7. The molecule has 4 rings (SSSR count). The highest BCUT2D eigenvalue weighted by Gasteiger charge is 2.57. The van der Waals surface area contributed by atoms with Gasteiger partial charge in [0.1, 0.15) is 5.56 Å². The van der Waals surface area contributed by atoms with E-state index in [-0.39, 0.29) is 35.6 Å². The number of pyridine rings is 1. The first-order chi connectivity index (χ1) is 14.9. The van der Waals surface area contributed by atoms with Gasteiger partial charge in [0.15, 0.2) is 0 Å². The van der Waals surface area contributed by atoms with E-state index in [1.54, 1.807) is 4.57 Å². The summed E-state index contributed by atoms with van der Waals surface area (Å²) in [6.45, 7) is 6.79. The number of hydrogen-bond acceptors (Lipinski definition) is 3. The molecule has 31 heavy (non-hydrogen) atoms. The SMILES string of the molecule is Cc1ccn(CCC(C)C)c(=O)c1C(=O)N1[C@@H]2CC[C@H]1[C@](CO)(Cc1ccccc1)C2. The monoisotopic (exact) mass is 422 g/mol. The van der Waals surface area contributed by atoms with Gasteiger partial charge in [-0.1, -0.05) is 44.2 Å². The summed E-state index contributed by atoms with van der Waals surface area (Å²) in [6.07, 6.45) is 6.08. The van der Waals surface area contributed by atoms with Crippen molar-refractivity contribution in [2.75, 3.05) is 6.61 Å². The topological polar surface area (TPSA) is 62.5 Å². The van der Waals surface area contributed by atoms with Crippen molar-refractivity contribution < 1.29 is 9.90 Å². The average molecular weight is 423 g/mol. The van der Waals surface area contributed by atoms with Crippen molar-refractivity contribution in [2.45, 2.75) is 71.5 Å². The van der Waals surface area contributed by atoms with Crippen molar-refractivity contribution in [2.24, 2.45) is 11.3 Å². The molecule has 2 aliphatic rings. The number of aliphatic hydroxyl groups is 1. The van der Waals surface area contributed by atoms with Gasteiger partial charge in [0.25, 0.3) is 11.5 Å². The molecule has 5 nitrogen and oxygen atoms in total. The number of fused-ring (bicyclic) bond motifs is 2. The van der Waals surface area contributed by atoms with Gasteiger partial charge < -0.3 is 14.6 Å². The van der Waals surface area contributed by atoms with Crippen LogP contribution in [0.5, 0.6) is 0 Å². The number of benzene rings is 1. The molecule has 2 bridgehead atoms. The molecule has 2 fully saturated rings. The molecule has 1 N–H and O–H groups in total. The first kappa shape index (κ1) is 21.8. The molecule has 1 aromatic carbocycles. The number of aliphatic hydroxyl groups excluding tert-OH is 1. The van der Waals surface area contributed by atoms with Gasteiger partial charge in [0.2, 0.25) is 0 Å². The lowest BCUT2D eigenvalue weighted by Crippen LogP contribution is -2.45. The van der Waals surface area contributed by atoms with Crippen LogP contribution in [0.2, 0.25) is 0 Å². The quantitative estimate of drug-likeness (QED) is 0.738. The van der Waals surface area contributed by atoms with Gasteiger partial charge in [0, 0.05) is 30.2 Å². The second kappa shape index (κ2) is 8.62. The van der Waals surface area contributed by atoms with E-state index in [0.29, 0.717) is 18.0 Å². The fourth-order valence-corrected chi connectivity index (χ4v) is 5.64. The molecular formula is C26H34N2O3. The van der Waals surface area contributed by atoms with Crippen LogP contribution in [0.25, 0.3) is 0 Å². The molecule has 1 aromatic heterocycles. The minimum absolute atomic E-state index is 0.0293. The zero-order chi connectivity index (χ0) is 22.2. The lowest BCUT2D eigenvalue weighted by atomic mass is 9.70. The number of aryl methyl sites for hydroxylation is 2. The summed E-state index contributed by atoms with van der Waals surface area (Å²) < 4.78 is 1.68. The molecule has 5 heteroatoms. The van der Waals surface area contributed by atoms with Gasteiger partial charge >= 0.3 is 0 Å². The molecule has 166 valence electrons. The van der Waals surface area contributed by atoms with Gasteiger partial charge in [-0.2, -0.15) is 0 Å². The lowest BCUT2D eigenvalue weighted by molar-refractivity contribution is 0.0568. The van der Waals surface area contributed by atoms with Crippen LogP contribution in [-0.2, 0) is 13.0 Å². The second-order valence-corrected chi connectivity index (χ2v) is 9.90. The van der Waals surface area contributed by atoms with Crippen molar-refractivity contribution in [3.05, 3.63) is 69.6 Å². The smallest absolute Gasteiger partial charge is 0.263 e. The number of carbonyl (C=O) groups is 1. The zero-order valence-electron chi connectivity index (χ0n) is 18.9. The lowest BCUT2D eigenvalue weighted by Gasteiger charge is -2.36. The maximum Gasteiger partial charge on any atom is 0.263 e. The Morgan fingerprint density at radius 1 is 1.19 bits per heavy atom. The molecule has 0 saturated carbocycles. The van der Waals surface area contributed by atoms with Gasteiger partial charge in [-0.15, -0.1) is 0 Å². The molecule has 2 saturated heterocycles. The zero-order valence-corrected chi connectivity index (χ0v) is 18.9. The molecular weight excluding hydrogens is 388 g/mol. The highest BCUT2D eigenvalue weighted by molar-refractivity contribution is 5.96. The van der Waals surface area contributed by atoms with E-state index >= 15 is 0 Å². The molecule has 3 heterocycles. The summed E-state index contributed by atoms with van der Waals surface area (Å²) in [7, 11) is 0. The van der Waals surface area contributed by atoms with Crippen LogP contribution >= 0.6 is 0 Å². The normalized spacial score (nSPS) is 24.9. The van der Waals surface area contributed by atoms with Crippen LogP contribution in [0, 0.1) is 18.3 Å². The van der Waals surface area contributed by atoms with E-state index in [1.807, 2.05) is 42.3 Å². The molecule has 0 unspecified atom stereocenters. The Labute approximate surface area is 184 Å². The maximum atomic E-state index is 13.7. The predicted octanol–water partition coefficient (Wildman–Crippen LogP) is 3.80. The Kier molecular flexibility index (Phi) is 6.07. The Hall–Kier alpha value is -2.40. The first-order valence-corrected chi connectivity index (χ1v) is 11.5. The number of nitrogens with zero attached hydrogens (tertiary/aromatic N) is 2. The standard InChI is InChI=1S/C26H34N2O3/c1-18(2)11-13-27-14-12-19(3)23(24(27)30)25(31)28-21-9-10-22(28)26(16-21,17-29)15-20-7-5-4-6-8-20/h4-8,12,14,18,21-22,29H,9-11,13,15-17H2,1-3H3/t21-,22+,26-/m1/s1. The van der Waals surface area contributed by atoms with Crippen molar-refractivity contribution in [1.29, 1.82) is 0 Å². The van der Waals surface area contributed by atoms with E-state index in [2.05, 4.69) is 26.0 Å². The molecule has 0 radical (unpaired) electrons. The molecule has 0 spiro atoms. The fraction of sp³-hybridized carbons (Fsp3) is 0.538. The van der Waals surface area contributed by atoms with E-state index < -0.39 is 0 Å². The molecule has 0 aliphatic carbocycles. The molecule has 2 aliphatic heterocycles. The summed E-state index contributed by atoms with van der Waals surface area (Å²) in [5, 5.41) is 10.4. The fourth-order valence-electron chi connectivity index (χ4n) is 5.64. The first-order valence-electron chi connectivity index (χ1n) is 11.5. The van der Waals surface area contributed by atoms with Crippen LogP contribution in [0.3, 0.4) is 0 Å².